The highest BCUT2D eigenvalue weighted by atomic mass is 15.2. The van der Waals surface area contributed by atoms with Crippen molar-refractivity contribution in [2.24, 2.45) is 0 Å². The fourth-order valence-electron chi connectivity index (χ4n) is 3.15. The first-order valence-electron chi connectivity index (χ1n) is 7.47. The molecule has 1 aliphatic rings. The molecular weight excluding hydrogens is 248 g/mol. The summed E-state index contributed by atoms with van der Waals surface area (Å²) in [6, 6.07) is 10.1. The van der Waals surface area contributed by atoms with Crippen LogP contribution in [0.15, 0.2) is 30.3 Å². The minimum absolute atomic E-state index is 0.200. The maximum Gasteiger partial charge on any atom is 0.181 e. The maximum atomic E-state index is 4.66. The lowest BCUT2D eigenvalue weighted by molar-refractivity contribution is 0.241. The summed E-state index contributed by atoms with van der Waals surface area (Å²) in [7, 11) is 2.07. The minimum atomic E-state index is 0.200. The number of hydrogen-bond acceptors (Lipinski definition) is 3. The van der Waals surface area contributed by atoms with Crippen LogP contribution >= 0.6 is 0 Å². The van der Waals surface area contributed by atoms with Crippen LogP contribution in [0.2, 0.25) is 0 Å². The molecule has 2 N–H and O–H groups in total. The van der Waals surface area contributed by atoms with E-state index >= 15 is 0 Å². The predicted molar refractivity (Wildman–Crippen MR) is 80.4 cm³/mol. The Bertz CT molecular complexity index is 541. The van der Waals surface area contributed by atoms with Gasteiger partial charge in [-0.3, -0.25) is 5.10 Å². The molecule has 0 amide bonds. The van der Waals surface area contributed by atoms with Crippen LogP contribution in [0.4, 0.5) is 0 Å². The second kappa shape index (κ2) is 5.75. The largest absolute Gasteiger partial charge is 0.314 e. The van der Waals surface area contributed by atoms with Crippen LogP contribution in [0.3, 0.4) is 0 Å². The summed E-state index contributed by atoms with van der Waals surface area (Å²) >= 11 is 0. The molecule has 1 aliphatic carbocycles. The second-order valence-corrected chi connectivity index (χ2v) is 5.74. The van der Waals surface area contributed by atoms with E-state index in [1.807, 2.05) is 30.3 Å². The fraction of sp³-hybridized carbons (Fsp3) is 0.500. The van der Waals surface area contributed by atoms with Gasteiger partial charge in [0, 0.05) is 17.5 Å². The first kappa shape index (κ1) is 13.3. The molecule has 1 aromatic heterocycles. The number of likely N-dealkylation sites (N-methyl/N-ethyl adjacent to an activating group) is 1. The first-order valence-corrected chi connectivity index (χ1v) is 7.47. The molecule has 106 valence electrons. The zero-order valence-corrected chi connectivity index (χ0v) is 12.0. The number of aromatic amines is 1. The molecule has 1 aromatic carbocycles. The molecule has 0 unspecified atom stereocenters. The predicted octanol–water partition coefficient (Wildman–Crippen LogP) is 2.94. The zero-order chi connectivity index (χ0) is 13.8. The summed E-state index contributed by atoms with van der Waals surface area (Å²) in [5.41, 5.74) is 1.27. The first-order chi connectivity index (χ1) is 9.81. The lowest BCUT2D eigenvalue weighted by atomic mass is 9.79. The summed E-state index contributed by atoms with van der Waals surface area (Å²) in [6.07, 6.45) is 7.36. The molecular formula is C16H22N4. The van der Waals surface area contributed by atoms with Crippen molar-refractivity contribution in [3.63, 3.8) is 0 Å². The molecule has 1 heterocycles. The van der Waals surface area contributed by atoms with E-state index < -0.39 is 0 Å². The van der Waals surface area contributed by atoms with Crippen LogP contribution in [0, 0.1) is 0 Å². The van der Waals surface area contributed by atoms with Gasteiger partial charge in [0.05, 0.1) is 0 Å². The highest BCUT2D eigenvalue weighted by Crippen LogP contribution is 2.30. The SMILES string of the molecule is CNC1(Cc2nc(-c3ccccc3)n[nH]2)CCCCC1. The monoisotopic (exact) mass is 270 g/mol. The Balaban J connectivity index is 1.77. The molecule has 0 saturated heterocycles. The van der Waals surface area contributed by atoms with E-state index in [4.69, 9.17) is 0 Å². The van der Waals surface area contributed by atoms with Gasteiger partial charge in [0.1, 0.15) is 5.82 Å². The third kappa shape index (κ3) is 2.75. The number of nitrogens with zero attached hydrogens (tertiary/aromatic N) is 2. The van der Waals surface area contributed by atoms with Gasteiger partial charge in [-0.2, -0.15) is 5.10 Å². The van der Waals surface area contributed by atoms with Gasteiger partial charge in [-0.15, -0.1) is 0 Å². The Morgan fingerprint density at radius 2 is 1.90 bits per heavy atom. The van der Waals surface area contributed by atoms with Crippen molar-refractivity contribution < 1.29 is 0 Å². The van der Waals surface area contributed by atoms with Crippen molar-refractivity contribution in [3.05, 3.63) is 36.2 Å². The van der Waals surface area contributed by atoms with Crippen LogP contribution < -0.4 is 5.32 Å². The van der Waals surface area contributed by atoms with Crippen molar-refractivity contribution >= 4 is 0 Å². The molecule has 1 fully saturated rings. The van der Waals surface area contributed by atoms with Gasteiger partial charge < -0.3 is 5.32 Å². The number of aromatic nitrogens is 3. The summed E-state index contributed by atoms with van der Waals surface area (Å²) in [4.78, 5) is 4.66. The smallest absolute Gasteiger partial charge is 0.181 e. The fourth-order valence-corrected chi connectivity index (χ4v) is 3.15. The van der Waals surface area contributed by atoms with Crippen molar-refractivity contribution in [2.45, 2.75) is 44.1 Å². The molecule has 4 heteroatoms. The van der Waals surface area contributed by atoms with Gasteiger partial charge >= 0.3 is 0 Å². The maximum absolute atomic E-state index is 4.66. The molecule has 2 aromatic rings. The number of H-pyrrole nitrogens is 1. The van der Waals surface area contributed by atoms with E-state index in [1.165, 1.54) is 32.1 Å². The highest BCUT2D eigenvalue weighted by Gasteiger charge is 2.31. The van der Waals surface area contributed by atoms with Crippen LogP contribution in [-0.2, 0) is 6.42 Å². The van der Waals surface area contributed by atoms with E-state index in [0.29, 0.717) is 0 Å². The van der Waals surface area contributed by atoms with E-state index in [2.05, 4.69) is 27.5 Å². The van der Waals surface area contributed by atoms with Crippen molar-refractivity contribution in [1.82, 2.24) is 20.5 Å². The van der Waals surface area contributed by atoms with E-state index in [0.717, 1.165) is 23.6 Å². The zero-order valence-electron chi connectivity index (χ0n) is 12.0. The number of rotatable bonds is 4. The van der Waals surface area contributed by atoms with Gasteiger partial charge in [0.2, 0.25) is 0 Å². The second-order valence-electron chi connectivity index (χ2n) is 5.74. The topological polar surface area (TPSA) is 53.6 Å². The third-order valence-electron chi connectivity index (χ3n) is 4.41. The van der Waals surface area contributed by atoms with Gasteiger partial charge in [-0.1, -0.05) is 49.6 Å². The standard InChI is InChI=1S/C16H22N4/c1-17-16(10-6-3-7-11-16)12-14-18-15(20-19-14)13-8-4-2-5-9-13/h2,4-5,8-9,17H,3,6-7,10-12H2,1H3,(H,18,19,20). The molecule has 20 heavy (non-hydrogen) atoms. The van der Waals surface area contributed by atoms with Crippen LogP contribution in [0.25, 0.3) is 11.4 Å². The van der Waals surface area contributed by atoms with Gasteiger partial charge in [-0.05, 0) is 19.9 Å². The molecule has 0 spiro atoms. The normalized spacial score (nSPS) is 18.1. The quantitative estimate of drug-likeness (QED) is 0.898. The molecule has 0 atom stereocenters. The minimum Gasteiger partial charge on any atom is -0.314 e. The molecule has 0 bridgehead atoms. The lowest BCUT2D eigenvalue weighted by Gasteiger charge is -2.36. The third-order valence-corrected chi connectivity index (χ3v) is 4.41. The number of hydrogen-bond donors (Lipinski definition) is 2. The Morgan fingerprint density at radius 3 is 2.60 bits per heavy atom. The van der Waals surface area contributed by atoms with Crippen LogP contribution in [-0.4, -0.2) is 27.8 Å². The Labute approximate surface area is 120 Å². The van der Waals surface area contributed by atoms with E-state index in [9.17, 15) is 0 Å². The molecule has 0 radical (unpaired) electrons. The van der Waals surface area contributed by atoms with E-state index in [-0.39, 0.29) is 5.54 Å². The highest BCUT2D eigenvalue weighted by molar-refractivity contribution is 5.53. The summed E-state index contributed by atoms with van der Waals surface area (Å²) in [5.74, 6) is 1.78. The van der Waals surface area contributed by atoms with Crippen molar-refractivity contribution in [2.75, 3.05) is 7.05 Å². The van der Waals surface area contributed by atoms with Crippen LogP contribution in [0.1, 0.15) is 37.9 Å². The van der Waals surface area contributed by atoms with Crippen molar-refractivity contribution in [1.29, 1.82) is 0 Å². The molecule has 1 saturated carbocycles. The van der Waals surface area contributed by atoms with Gasteiger partial charge in [-0.25, -0.2) is 4.98 Å². The Hall–Kier alpha value is -1.68. The Morgan fingerprint density at radius 1 is 1.15 bits per heavy atom. The molecule has 0 aliphatic heterocycles. The Kier molecular flexibility index (Phi) is 3.83. The van der Waals surface area contributed by atoms with E-state index in [1.54, 1.807) is 0 Å². The average molecular weight is 270 g/mol. The molecule has 4 nitrogen and oxygen atoms in total. The van der Waals surface area contributed by atoms with Crippen LogP contribution in [0.5, 0.6) is 0 Å². The number of nitrogens with one attached hydrogen (secondary N) is 2. The summed E-state index contributed by atoms with van der Waals surface area (Å²) < 4.78 is 0. The average Bonchev–Trinajstić information content (AvgIpc) is 2.97. The summed E-state index contributed by atoms with van der Waals surface area (Å²) in [5, 5.41) is 11.0. The van der Waals surface area contributed by atoms with Gasteiger partial charge in [0.25, 0.3) is 0 Å². The molecule has 3 rings (SSSR count). The number of benzene rings is 1. The van der Waals surface area contributed by atoms with Gasteiger partial charge in [0.15, 0.2) is 5.82 Å². The lowest BCUT2D eigenvalue weighted by Crippen LogP contribution is -2.46. The summed E-state index contributed by atoms with van der Waals surface area (Å²) in [6.45, 7) is 0. The van der Waals surface area contributed by atoms with Crippen molar-refractivity contribution in [3.8, 4) is 11.4 Å².